The number of nitrogens with one attached hydrogen (secondary N) is 2. The maximum absolute atomic E-state index is 12.9. The largest absolute Gasteiger partial charge is 0.454 e. The van der Waals surface area contributed by atoms with Gasteiger partial charge in [-0.15, -0.1) is 0 Å². The first-order valence-corrected chi connectivity index (χ1v) is 10.4. The molecule has 1 saturated heterocycles. The summed E-state index contributed by atoms with van der Waals surface area (Å²) in [4.78, 5) is 38.8. The lowest BCUT2D eigenvalue weighted by atomic mass is 10.1. The average Bonchev–Trinajstić information content (AvgIpc) is 3.59. The molecule has 0 spiro atoms. The van der Waals surface area contributed by atoms with Crippen LogP contribution in [0.25, 0.3) is 0 Å². The van der Waals surface area contributed by atoms with E-state index in [2.05, 4.69) is 10.6 Å². The molecular weight excluding hydrogens is 434 g/mol. The van der Waals surface area contributed by atoms with Gasteiger partial charge in [0.05, 0.1) is 13.2 Å². The summed E-state index contributed by atoms with van der Waals surface area (Å²) in [5.74, 6) is 0.444. The van der Waals surface area contributed by atoms with E-state index in [0.717, 1.165) is 5.56 Å². The lowest BCUT2D eigenvalue weighted by molar-refractivity contribution is -0.139. The Morgan fingerprint density at radius 3 is 2.30 bits per heavy atom. The average molecular weight is 455 g/mol. The van der Waals surface area contributed by atoms with Crippen LogP contribution in [0, 0.1) is 0 Å². The van der Waals surface area contributed by atoms with Gasteiger partial charge in [0.15, 0.2) is 23.0 Å². The Balaban J connectivity index is 1.12. The molecule has 11 heteroatoms. The molecule has 172 valence electrons. The minimum Gasteiger partial charge on any atom is -0.454 e. The van der Waals surface area contributed by atoms with E-state index in [0.29, 0.717) is 41.7 Å². The normalized spacial score (nSPS) is 17.7. The molecule has 5 rings (SSSR count). The molecule has 0 bridgehead atoms. The predicted molar refractivity (Wildman–Crippen MR) is 111 cm³/mol. The summed E-state index contributed by atoms with van der Waals surface area (Å²) in [7, 11) is 0. The van der Waals surface area contributed by atoms with Crippen molar-refractivity contribution < 1.29 is 38.1 Å². The maximum Gasteiger partial charge on any atom is 0.309 e. The van der Waals surface area contributed by atoms with Gasteiger partial charge in [-0.05, 0) is 35.9 Å². The number of carbonyl (C=O) groups excluding carboxylic acids is 3. The smallest absolute Gasteiger partial charge is 0.309 e. The number of hydrogen-bond donors (Lipinski definition) is 2. The van der Waals surface area contributed by atoms with Gasteiger partial charge in [0.2, 0.25) is 13.6 Å². The monoisotopic (exact) mass is 455 g/mol. The van der Waals surface area contributed by atoms with Crippen molar-refractivity contribution in [2.75, 3.05) is 33.3 Å². The molecule has 0 aliphatic carbocycles. The van der Waals surface area contributed by atoms with Crippen LogP contribution in [-0.2, 0) is 20.9 Å². The highest BCUT2D eigenvalue weighted by molar-refractivity contribution is 6.35. The molecule has 3 aliphatic rings. The topological polar surface area (TPSA) is 125 Å². The zero-order valence-corrected chi connectivity index (χ0v) is 17.5. The molecule has 0 radical (unpaired) electrons. The van der Waals surface area contributed by atoms with Crippen LogP contribution in [0.3, 0.4) is 0 Å². The predicted octanol–water partition coefficient (Wildman–Crippen LogP) is 0.375. The summed E-state index contributed by atoms with van der Waals surface area (Å²) in [5, 5.41) is 5.08. The van der Waals surface area contributed by atoms with Gasteiger partial charge in [-0.3, -0.25) is 14.4 Å². The molecule has 0 saturated carbocycles. The number of amides is 3. The third-order valence-electron chi connectivity index (χ3n) is 5.40. The summed E-state index contributed by atoms with van der Waals surface area (Å²) in [5.41, 5.74) is 1.18. The van der Waals surface area contributed by atoms with Crippen molar-refractivity contribution in [1.29, 1.82) is 0 Å². The van der Waals surface area contributed by atoms with Gasteiger partial charge in [-0.25, -0.2) is 0 Å². The highest BCUT2D eigenvalue weighted by Crippen LogP contribution is 2.33. The molecule has 3 heterocycles. The standard InChI is InChI=1S/C22H21N3O8/c26-20(23-9-13-1-3-15-17(7-13)32-11-30-15)21(27)24-10-19-25(5-6-29-19)22(28)14-2-4-16-18(8-14)33-12-31-16/h1-4,7-8,19H,5-6,9-12H2,(H,23,26)(H,24,27). The van der Waals surface area contributed by atoms with Crippen LogP contribution in [0.1, 0.15) is 15.9 Å². The molecule has 0 aromatic heterocycles. The lowest BCUT2D eigenvalue weighted by Gasteiger charge is -2.23. The molecule has 3 amide bonds. The number of benzene rings is 2. The fraction of sp³-hybridized carbons (Fsp3) is 0.318. The van der Waals surface area contributed by atoms with E-state index >= 15 is 0 Å². The minimum absolute atomic E-state index is 0.0213. The molecule has 2 N–H and O–H groups in total. The summed E-state index contributed by atoms with van der Waals surface area (Å²) in [6, 6.07) is 10.2. The van der Waals surface area contributed by atoms with Crippen molar-refractivity contribution in [3.63, 3.8) is 0 Å². The number of rotatable bonds is 5. The second-order valence-corrected chi connectivity index (χ2v) is 7.47. The van der Waals surface area contributed by atoms with Crippen LogP contribution in [-0.4, -0.2) is 62.1 Å². The SMILES string of the molecule is O=C(NCc1ccc2c(c1)OCO2)C(=O)NCC1OCCN1C(=O)c1ccc2c(c1)OCO2. The fourth-order valence-electron chi connectivity index (χ4n) is 3.69. The maximum atomic E-state index is 12.9. The first-order chi connectivity index (χ1) is 16.1. The Kier molecular flexibility index (Phi) is 5.61. The quantitative estimate of drug-likeness (QED) is 0.620. The van der Waals surface area contributed by atoms with E-state index in [1.807, 2.05) is 0 Å². The number of hydrogen-bond acceptors (Lipinski definition) is 8. The first kappa shape index (κ1) is 20.9. The van der Waals surface area contributed by atoms with Gasteiger partial charge in [0.1, 0.15) is 6.23 Å². The first-order valence-electron chi connectivity index (χ1n) is 10.4. The zero-order chi connectivity index (χ0) is 22.8. The second kappa shape index (κ2) is 8.87. The fourth-order valence-corrected chi connectivity index (χ4v) is 3.69. The third-order valence-corrected chi connectivity index (χ3v) is 5.40. The lowest BCUT2D eigenvalue weighted by Crippen LogP contribution is -2.47. The summed E-state index contributed by atoms with van der Waals surface area (Å²) in [6.45, 7) is 1.09. The minimum atomic E-state index is -0.818. The third kappa shape index (κ3) is 4.35. The Morgan fingerprint density at radius 1 is 0.848 bits per heavy atom. The Morgan fingerprint density at radius 2 is 1.52 bits per heavy atom. The molecule has 1 unspecified atom stereocenters. The molecule has 2 aromatic rings. The van der Waals surface area contributed by atoms with Crippen molar-refractivity contribution in [3.8, 4) is 23.0 Å². The Bertz CT molecular complexity index is 1110. The highest BCUT2D eigenvalue weighted by Gasteiger charge is 2.32. The van der Waals surface area contributed by atoms with Crippen molar-refractivity contribution in [2.45, 2.75) is 12.8 Å². The van der Waals surface area contributed by atoms with Crippen LogP contribution in [0.15, 0.2) is 36.4 Å². The van der Waals surface area contributed by atoms with E-state index in [1.54, 1.807) is 36.4 Å². The van der Waals surface area contributed by atoms with E-state index < -0.39 is 18.0 Å². The molecule has 1 fully saturated rings. The van der Waals surface area contributed by atoms with Gasteiger partial charge >= 0.3 is 11.8 Å². The van der Waals surface area contributed by atoms with Gasteiger partial charge in [-0.2, -0.15) is 0 Å². The van der Waals surface area contributed by atoms with E-state index in [1.165, 1.54) is 4.90 Å². The van der Waals surface area contributed by atoms with Gasteiger partial charge in [-0.1, -0.05) is 6.07 Å². The van der Waals surface area contributed by atoms with Crippen LogP contribution in [0.5, 0.6) is 23.0 Å². The van der Waals surface area contributed by atoms with Crippen molar-refractivity contribution in [1.82, 2.24) is 15.5 Å². The van der Waals surface area contributed by atoms with Crippen LogP contribution < -0.4 is 29.6 Å². The molecule has 3 aliphatic heterocycles. The zero-order valence-electron chi connectivity index (χ0n) is 17.5. The van der Waals surface area contributed by atoms with Crippen LogP contribution in [0.4, 0.5) is 0 Å². The van der Waals surface area contributed by atoms with Crippen molar-refractivity contribution in [2.24, 2.45) is 0 Å². The van der Waals surface area contributed by atoms with Gasteiger partial charge in [0.25, 0.3) is 5.91 Å². The molecule has 2 aromatic carbocycles. The molecule has 11 nitrogen and oxygen atoms in total. The van der Waals surface area contributed by atoms with E-state index in [4.69, 9.17) is 23.7 Å². The highest BCUT2D eigenvalue weighted by atomic mass is 16.7. The second-order valence-electron chi connectivity index (χ2n) is 7.47. The number of carbonyl (C=O) groups is 3. The Labute approximate surface area is 188 Å². The van der Waals surface area contributed by atoms with Crippen LogP contribution >= 0.6 is 0 Å². The van der Waals surface area contributed by atoms with E-state index in [-0.39, 0.29) is 32.6 Å². The van der Waals surface area contributed by atoms with Crippen molar-refractivity contribution in [3.05, 3.63) is 47.5 Å². The number of nitrogens with zero attached hydrogens (tertiary/aromatic N) is 1. The van der Waals surface area contributed by atoms with Crippen LogP contribution in [0.2, 0.25) is 0 Å². The van der Waals surface area contributed by atoms with Gasteiger partial charge < -0.3 is 39.2 Å². The summed E-state index contributed by atoms with van der Waals surface area (Å²) in [6.07, 6.45) is -0.687. The van der Waals surface area contributed by atoms with Crippen molar-refractivity contribution >= 4 is 17.7 Å². The summed E-state index contributed by atoms with van der Waals surface area (Å²) < 4.78 is 26.7. The Hall–Kier alpha value is -3.99. The molecular formula is C22H21N3O8. The molecule has 1 atom stereocenters. The van der Waals surface area contributed by atoms with E-state index in [9.17, 15) is 14.4 Å². The number of fused-ring (bicyclic) bond motifs is 2. The molecule has 33 heavy (non-hydrogen) atoms. The number of ether oxygens (including phenoxy) is 5. The van der Waals surface area contributed by atoms with Gasteiger partial charge in [0, 0.05) is 18.7 Å². The summed E-state index contributed by atoms with van der Waals surface area (Å²) >= 11 is 0.